The van der Waals surface area contributed by atoms with Gasteiger partial charge in [-0.25, -0.2) is 0 Å². The number of benzene rings is 2. The van der Waals surface area contributed by atoms with Crippen molar-refractivity contribution in [2.45, 2.75) is 27.2 Å². The highest BCUT2D eigenvalue weighted by atomic mass is 16.5. The zero-order valence-electron chi connectivity index (χ0n) is 15.7. The van der Waals surface area contributed by atoms with Crippen LogP contribution in [0.2, 0.25) is 0 Å². The van der Waals surface area contributed by atoms with Crippen molar-refractivity contribution in [1.29, 1.82) is 0 Å². The van der Waals surface area contributed by atoms with Crippen LogP contribution in [0.25, 0.3) is 11.0 Å². The Labute approximate surface area is 158 Å². The first-order valence-electron chi connectivity index (χ1n) is 9.08. The lowest BCUT2D eigenvalue weighted by Gasteiger charge is -2.08. The quantitative estimate of drug-likeness (QED) is 0.595. The molecule has 3 rings (SSSR count). The number of ether oxygens (including phenoxy) is 1. The van der Waals surface area contributed by atoms with Crippen molar-refractivity contribution >= 4 is 28.3 Å². The molecule has 1 amide bonds. The van der Waals surface area contributed by atoms with Crippen LogP contribution >= 0.6 is 0 Å². The third-order valence-corrected chi connectivity index (χ3v) is 4.09. The molecule has 0 aliphatic heterocycles. The zero-order chi connectivity index (χ0) is 19.4. The normalized spacial score (nSPS) is 11.0. The second kappa shape index (κ2) is 8.08. The highest BCUT2D eigenvalue weighted by molar-refractivity contribution is 6.17. The number of ketones is 1. The van der Waals surface area contributed by atoms with Gasteiger partial charge < -0.3 is 14.5 Å². The van der Waals surface area contributed by atoms with Gasteiger partial charge in [-0.15, -0.1) is 0 Å². The Balaban J connectivity index is 1.98. The van der Waals surface area contributed by atoms with Crippen LogP contribution in [0.15, 0.2) is 52.9 Å². The predicted molar refractivity (Wildman–Crippen MR) is 105 cm³/mol. The van der Waals surface area contributed by atoms with Crippen molar-refractivity contribution in [3.05, 3.63) is 59.9 Å². The van der Waals surface area contributed by atoms with E-state index in [1.165, 1.54) is 0 Å². The minimum absolute atomic E-state index is 0.137. The molecule has 5 nitrogen and oxygen atoms in total. The van der Waals surface area contributed by atoms with Crippen LogP contribution in [0.3, 0.4) is 0 Å². The average molecular weight is 365 g/mol. The van der Waals surface area contributed by atoms with Gasteiger partial charge in [0.2, 0.25) is 11.7 Å². The maximum Gasteiger partial charge on any atom is 0.230 e. The average Bonchev–Trinajstić information content (AvgIpc) is 3.00. The number of anilines is 1. The molecule has 0 saturated heterocycles. The van der Waals surface area contributed by atoms with Crippen LogP contribution in [0, 0.1) is 5.92 Å². The molecule has 2 aromatic carbocycles. The molecule has 0 saturated carbocycles. The van der Waals surface area contributed by atoms with Crippen molar-refractivity contribution in [3.8, 4) is 5.75 Å². The van der Waals surface area contributed by atoms with E-state index < -0.39 is 0 Å². The third-order valence-electron chi connectivity index (χ3n) is 4.09. The first kappa shape index (κ1) is 18.7. The molecule has 0 radical (unpaired) electrons. The lowest BCUT2D eigenvalue weighted by atomic mass is 10.1. The van der Waals surface area contributed by atoms with Gasteiger partial charge >= 0.3 is 0 Å². The fourth-order valence-electron chi connectivity index (χ4n) is 2.89. The first-order valence-corrected chi connectivity index (χ1v) is 9.08. The molecule has 0 bridgehead atoms. The Morgan fingerprint density at radius 1 is 1.07 bits per heavy atom. The van der Waals surface area contributed by atoms with E-state index in [0.29, 0.717) is 41.0 Å². The summed E-state index contributed by atoms with van der Waals surface area (Å²) in [7, 11) is 0. The van der Waals surface area contributed by atoms with E-state index in [1.54, 1.807) is 30.3 Å². The molecule has 0 aliphatic carbocycles. The van der Waals surface area contributed by atoms with Crippen LogP contribution in [0.5, 0.6) is 5.75 Å². The summed E-state index contributed by atoms with van der Waals surface area (Å²) in [4.78, 5) is 25.3. The molecule has 5 heteroatoms. The maximum absolute atomic E-state index is 13.0. The van der Waals surface area contributed by atoms with E-state index in [1.807, 2.05) is 39.0 Å². The molecule has 0 unspecified atom stereocenters. The van der Waals surface area contributed by atoms with Crippen LogP contribution in [-0.4, -0.2) is 18.3 Å². The van der Waals surface area contributed by atoms with E-state index >= 15 is 0 Å². The highest BCUT2D eigenvalue weighted by Gasteiger charge is 2.23. The van der Waals surface area contributed by atoms with Gasteiger partial charge in [0.05, 0.1) is 12.3 Å². The summed E-state index contributed by atoms with van der Waals surface area (Å²) in [6.07, 6.45) is 0.371. The molecular weight excluding hydrogens is 342 g/mol. The summed E-state index contributed by atoms with van der Waals surface area (Å²) in [6.45, 7) is 6.40. The first-order chi connectivity index (χ1) is 13.0. The molecule has 0 spiro atoms. The predicted octanol–water partition coefficient (Wildman–Crippen LogP) is 5.05. The second-order valence-corrected chi connectivity index (χ2v) is 6.74. The summed E-state index contributed by atoms with van der Waals surface area (Å²) in [6, 6.07) is 14.2. The number of hydrogen-bond acceptors (Lipinski definition) is 4. The van der Waals surface area contributed by atoms with Crippen molar-refractivity contribution in [2.24, 2.45) is 5.92 Å². The minimum Gasteiger partial charge on any atom is -0.494 e. The standard InChI is InChI=1S/C22H23NO4/c1-4-26-16-11-9-15(10-12-16)21(25)22-20(23-19(24)13-14(2)3)17-7-5-6-8-18(17)27-22/h5-12,14H,4,13H2,1-3H3,(H,23,24). The van der Waals surface area contributed by atoms with Crippen molar-refractivity contribution in [1.82, 2.24) is 0 Å². The van der Waals surface area contributed by atoms with Gasteiger partial charge in [-0.3, -0.25) is 9.59 Å². The smallest absolute Gasteiger partial charge is 0.230 e. The van der Waals surface area contributed by atoms with Gasteiger partial charge in [0.15, 0.2) is 5.76 Å². The van der Waals surface area contributed by atoms with Gasteiger partial charge in [-0.1, -0.05) is 26.0 Å². The van der Waals surface area contributed by atoms with E-state index in [-0.39, 0.29) is 23.4 Å². The van der Waals surface area contributed by atoms with E-state index in [4.69, 9.17) is 9.15 Å². The van der Waals surface area contributed by atoms with Crippen LogP contribution in [0.1, 0.15) is 43.3 Å². The summed E-state index contributed by atoms with van der Waals surface area (Å²) >= 11 is 0. The number of rotatable bonds is 7. The highest BCUT2D eigenvalue weighted by Crippen LogP contribution is 2.33. The molecule has 0 fully saturated rings. The number of furan rings is 1. The lowest BCUT2D eigenvalue weighted by Crippen LogP contribution is -2.15. The Hall–Kier alpha value is -3.08. The molecule has 1 aromatic heterocycles. The third kappa shape index (κ3) is 4.19. The zero-order valence-corrected chi connectivity index (χ0v) is 15.7. The van der Waals surface area contributed by atoms with E-state index in [2.05, 4.69) is 5.32 Å². The largest absolute Gasteiger partial charge is 0.494 e. The number of carbonyl (C=O) groups is 2. The molecular formula is C22H23NO4. The molecule has 27 heavy (non-hydrogen) atoms. The number of hydrogen-bond donors (Lipinski definition) is 1. The number of nitrogens with one attached hydrogen (secondary N) is 1. The maximum atomic E-state index is 13.0. The molecule has 1 N–H and O–H groups in total. The molecule has 140 valence electrons. The Bertz CT molecular complexity index is 954. The van der Waals surface area contributed by atoms with E-state index in [9.17, 15) is 9.59 Å². The van der Waals surface area contributed by atoms with Gasteiger partial charge in [0.1, 0.15) is 11.3 Å². The van der Waals surface area contributed by atoms with Crippen LogP contribution in [-0.2, 0) is 4.79 Å². The van der Waals surface area contributed by atoms with Gasteiger partial charge in [-0.2, -0.15) is 0 Å². The summed E-state index contributed by atoms with van der Waals surface area (Å²) in [5.41, 5.74) is 1.46. The monoisotopic (exact) mass is 365 g/mol. The second-order valence-electron chi connectivity index (χ2n) is 6.74. The Kier molecular flexibility index (Phi) is 5.60. The SMILES string of the molecule is CCOc1ccc(C(=O)c2oc3ccccc3c2NC(=O)CC(C)C)cc1. The van der Waals surface area contributed by atoms with Crippen molar-refractivity contribution in [3.63, 3.8) is 0 Å². The molecule has 3 aromatic rings. The van der Waals surface area contributed by atoms with Crippen molar-refractivity contribution in [2.75, 3.05) is 11.9 Å². The number of carbonyl (C=O) groups excluding carboxylic acids is 2. The molecule has 0 aliphatic rings. The number of para-hydroxylation sites is 1. The minimum atomic E-state index is -0.283. The van der Waals surface area contributed by atoms with Gasteiger partial charge in [-0.05, 0) is 49.2 Å². The number of fused-ring (bicyclic) bond motifs is 1. The van der Waals surface area contributed by atoms with Crippen LogP contribution < -0.4 is 10.1 Å². The van der Waals surface area contributed by atoms with Gasteiger partial charge in [0.25, 0.3) is 0 Å². The Morgan fingerprint density at radius 3 is 2.44 bits per heavy atom. The Morgan fingerprint density at radius 2 is 1.78 bits per heavy atom. The topological polar surface area (TPSA) is 68.5 Å². The van der Waals surface area contributed by atoms with Crippen molar-refractivity contribution < 1.29 is 18.7 Å². The number of amides is 1. The van der Waals surface area contributed by atoms with Gasteiger partial charge in [0, 0.05) is 17.4 Å². The molecule has 1 heterocycles. The lowest BCUT2D eigenvalue weighted by molar-refractivity contribution is -0.116. The fourth-order valence-corrected chi connectivity index (χ4v) is 2.89. The fraction of sp³-hybridized carbons (Fsp3) is 0.273. The van der Waals surface area contributed by atoms with Crippen LogP contribution in [0.4, 0.5) is 5.69 Å². The van der Waals surface area contributed by atoms with E-state index in [0.717, 1.165) is 0 Å². The summed E-state index contributed by atoms with van der Waals surface area (Å²) in [5, 5.41) is 3.58. The molecule has 0 atom stereocenters. The summed E-state index contributed by atoms with van der Waals surface area (Å²) in [5.74, 6) is 0.626. The summed E-state index contributed by atoms with van der Waals surface area (Å²) < 4.78 is 11.2.